The summed E-state index contributed by atoms with van der Waals surface area (Å²) in [5.74, 6) is -0.827. The van der Waals surface area contributed by atoms with Crippen molar-refractivity contribution in [3.63, 3.8) is 0 Å². The lowest BCUT2D eigenvalue weighted by Gasteiger charge is -2.24. The third kappa shape index (κ3) is 4.08. The maximum Gasteiger partial charge on any atom is 0.325 e. The molecule has 1 aliphatic rings. The monoisotopic (exact) mass is 473 g/mol. The van der Waals surface area contributed by atoms with E-state index < -0.39 is 17.5 Å². The Morgan fingerprint density at radius 3 is 2.75 bits per heavy atom. The second kappa shape index (κ2) is 8.67. The first-order chi connectivity index (χ1) is 15.3. The van der Waals surface area contributed by atoms with Gasteiger partial charge in [0, 0.05) is 11.4 Å². The predicted molar refractivity (Wildman–Crippen MR) is 117 cm³/mol. The zero-order valence-corrected chi connectivity index (χ0v) is 18.9. The van der Waals surface area contributed by atoms with Gasteiger partial charge in [-0.3, -0.25) is 14.5 Å². The van der Waals surface area contributed by atoms with Gasteiger partial charge in [0.2, 0.25) is 5.91 Å². The number of carbonyl (C=O) groups excluding carboxylic acids is 3. The first-order valence-corrected chi connectivity index (χ1v) is 11.0. The molecule has 1 N–H and O–H groups in total. The highest BCUT2D eigenvalue weighted by Crippen LogP contribution is 2.30. The molecule has 1 fully saturated rings. The molecule has 0 aliphatic carbocycles. The fourth-order valence-corrected chi connectivity index (χ4v) is 4.61. The number of imide groups is 1. The fourth-order valence-electron chi connectivity index (χ4n) is 3.51. The summed E-state index contributed by atoms with van der Waals surface area (Å²) in [7, 11) is 0. The summed E-state index contributed by atoms with van der Waals surface area (Å²) in [6.45, 7) is 3.90. The van der Waals surface area contributed by atoms with Crippen LogP contribution >= 0.6 is 22.9 Å². The lowest BCUT2D eigenvalue weighted by atomic mass is 9.91. The van der Waals surface area contributed by atoms with Gasteiger partial charge in [-0.25, -0.2) is 9.48 Å². The number of thiophene rings is 1. The van der Waals surface area contributed by atoms with Crippen molar-refractivity contribution in [2.75, 3.05) is 13.1 Å². The molecule has 0 spiro atoms. The van der Waals surface area contributed by atoms with Gasteiger partial charge in [-0.1, -0.05) is 23.7 Å². The lowest BCUT2D eigenvalue weighted by molar-refractivity contribution is -0.139. The summed E-state index contributed by atoms with van der Waals surface area (Å²) in [4.78, 5) is 42.3. The molecule has 3 aromatic rings. The molecule has 0 unspecified atom stereocenters. The van der Waals surface area contributed by atoms with Crippen molar-refractivity contribution in [3.8, 4) is 5.69 Å². The molecule has 1 aromatic carbocycles. The average molecular weight is 474 g/mol. The summed E-state index contributed by atoms with van der Waals surface area (Å²) in [5.41, 5.74) is -0.129. The van der Waals surface area contributed by atoms with E-state index in [-0.39, 0.29) is 12.5 Å². The number of rotatable bonds is 7. The maximum absolute atomic E-state index is 13.3. The molecule has 1 aliphatic heterocycles. The number of nitrogens with one attached hydrogen (secondary N) is 1. The van der Waals surface area contributed by atoms with Gasteiger partial charge in [-0.2, -0.15) is 0 Å². The number of likely N-dealkylation sites (N-methyl/N-ethyl adjacent to an activating group) is 1. The fraction of sp³-hybridized carbons (Fsp3) is 0.300. The molecule has 2 aromatic heterocycles. The standard InChI is InChI=1S/C20H20ClN7O3S/c1-3-26(10-15-7-8-16(21)32-15)17(29)11-27-18(30)20(2,23-19(27)31)13-5-4-6-14(9-13)28-12-22-24-25-28/h4-9,12H,3,10-11H2,1-2H3,(H,23,31)/t20-/m0/s1. The summed E-state index contributed by atoms with van der Waals surface area (Å²) >= 11 is 7.36. The number of hydrogen-bond acceptors (Lipinski definition) is 7. The van der Waals surface area contributed by atoms with Crippen molar-refractivity contribution in [1.29, 1.82) is 0 Å². The normalized spacial score (nSPS) is 18.2. The van der Waals surface area contributed by atoms with Crippen LogP contribution in [0.1, 0.15) is 24.3 Å². The quantitative estimate of drug-likeness (QED) is 0.526. The zero-order chi connectivity index (χ0) is 22.9. The Bertz CT molecular complexity index is 1170. The minimum atomic E-state index is -1.32. The van der Waals surface area contributed by atoms with Crippen molar-refractivity contribution < 1.29 is 14.4 Å². The predicted octanol–water partition coefficient (Wildman–Crippen LogP) is 2.19. The van der Waals surface area contributed by atoms with Crippen molar-refractivity contribution in [3.05, 3.63) is 57.5 Å². The molecular formula is C20H20ClN7O3S. The Hall–Kier alpha value is -3.31. The van der Waals surface area contributed by atoms with Gasteiger partial charge in [0.05, 0.1) is 16.6 Å². The number of hydrogen-bond donors (Lipinski definition) is 1. The summed E-state index contributed by atoms with van der Waals surface area (Å²) < 4.78 is 2.09. The number of benzene rings is 1. The molecule has 0 radical (unpaired) electrons. The molecule has 166 valence electrons. The van der Waals surface area contributed by atoms with Gasteiger partial charge in [-0.05, 0) is 54.1 Å². The summed E-state index contributed by atoms with van der Waals surface area (Å²) in [6, 6.07) is 9.98. The number of halogens is 1. The topological polar surface area (TPSA) is 113 Å². The van der Waals surface area contributed by atoms with Crippen LogP contribution in [0, 0.1) is 0 Å². The number of nitrogens with zero attached hydrogens (tertiary/aromatic N) is 6. The van der Waals surface area contributed by atoms with E-state index >= 15 is 0 Å². The second-order valence-corrected chi connectivity index (χ2v) is 9.16. The van der Waals surface area contributed by atoms with Crippen molar-refractivity contribution >= 4 is 40.8 Å². The largest absolute Gasteiger partial charge is 0.336 e. The lowest BCUT2D eigenvalue weighted by Crippen LogP contribution is -2.44. The second-order valence-electron chi connectivity index (χ2n) is 7.36. The molecule has 4 rings (SSSR count). The minimum Gasteiger partial charge on any atom is -0.336 e. The van der Waals surface area contributed by atoms with Crippen LogP contribution in [-0.4, -0.2) is 60.9 Å². The van der Waals surface area contributed by atoms with Crippen LogP contribution in [0.2, 0.25) is 4.34 Å². The molecule has 3 heterocycles. The zero-order valence-electron chi connectivity index (χ0n) is 17.4. The highest BCUT2D eigenvalue weighted by atomic mass is 35.5. The van der Waals surface area contributed by atoms with Gasteiger partial charge in [0.25, 0.3) is 5.91 Å². The molecule has 0 saturated carbocycles. The number of urea groups is 1. The maximum atomic E-state index is 13.3. The summed E-state index contributed by atoms with van der Waals surface area (Å²) in [6.07, 6.45) is 1.43. The molecule has 0 bridgehead atoms. The number of aromatic nitrogens is 4. The molecule has 32 heavy (non-hydrogen) atoms. The van der Waals surface area contributed by atoms with Crippen molar-refractivity contribution in [1.82, 2.24) is 35.3 Å². The SMILES string of the molecule is CCN(Cc1ccc(Cl)s1)C(=O)CN1C(=O)N[C@@](C)(c2cccc(-n3cnnn3)c2)C1=O. The van der Waals surface area contributed by atoms with Crippen LogP contribution in [-0.2, 0) is 21.7 Å². The van der Waals surface area contributed by atoms with Crippen molar-refractivity contribution in [2.24, 2.45) is 0 Å². The van der Waals surface area contributed by atoms with E-state index in [2.05, 4.69) is 20.8 Å². The third-order valence-corrected chi connectivity index (χ3v) is 6.53. The molecule has 1 saturated heterocycles. The Morgan fingerprint density at radius 1 is 1.28 bits per heavy atom. The van der Waals surface area contributed by atoms with E-state index in [0.29, 0.717) is 28.7 Å². The Balaban J connectivity index is 1.52. The molecule has 12 heteroatoms. The Kier molecular flexibility index (Phi) is 5.94. The Morgan fingerprint density at radius 2 is 2.09 bits per heavy atom. The highest BCUT2D eigenvalue weighted by Gasteiger charge is 2.49. The molecule has 1 atom stereocenters. The Labute approximate surface area is 192 Å². The smallest absolute Gasteiger partial charge is 0.325 e. The van der Waals surface area contributed by atoms with Crippen LogP contribution in [0.25, 0.3) is 5.69 Å². The first-order valence-electron chi connectivity index (χ1n) is 9.82. The highest BCUT2D eigenvalue weighted by molar-refractivity contribution is 7.16. The van der Waals surface area contributed by atoms with Crippen LogP contribution in [0.15, 0.2) is 42.7 Å². The van der Waals surface area contributed by atoms with Crippen LogP contribution < -0.4 is 5.32 Å². The van der Waals surface area contributed by atoms with Gasteiger partial charge in [0.15, 0.2) is 0 Å². The van der Waals surface area contributed by atoms with Crippen LogP contribution in [0.3, 0.4) is 0 Å². The third-order valence-electron chi connectivity index (χ3n) is 5.32. The molecule has 4 amide bonds. The molecule has 10 nitrogen and oxygen atoms in total. The van der Waals surface area contributed by atoms with Gasteiger partial charge in [-0.15, -0.1) is 16.4 Å². The number of amides is 4. The molecular weight excluding hydrogens is 454 g/mol. The number of tetrazole rings is 1. The van der Waals surface area contributed by atoms with Gasteiger partial charge < -0.3 is 10.2 Å². The van der Waals surface area contributed by atoms with Crippen molar-refractivity contribution in [2.45, 2.75) is 25.9 Å². The van der Waals surface area contributed by atoms with E-state index in [9.17, 15) is 14.4 Å². The van der Waals surface area contributed by atoms with E-state index in [1.807, 2.05) is 13.0 Å². The number of carbonyl (C=O) groups is 3. The van der Waals surface area contributed by atoms with E-state index in [0.717, 1.165) is 9.78 Å². The van der Waals surface area contributed by atoms with E-state index in [4.69, 9.17) is 11.6 Å². The van der Waals surface area contributed by atoms with Gasteiger partial charge in [0.1, 0.15) is 18.4 Å². The minimum absolute atomic E-state index is 0.327. The summed E-state index contributed by atoms with van der Waals surface area (Å²) in [5, 5.41) is 13.8. The average Bonchev–Trinajstić information content (AvgIpc) is 3.50. The van der Waals surface area contributed by atoms with Crippen LogP contribution in [0.4, 0.5) is 4.79 Å². The first kappa shape index (κ1) is 21.9. The van der Waals surface area contributed by atoms with E-state index in [1.54, 1.807) is 42.2 Å². The van der Waals surface area contributed by atoms with Gasteiger partial charge >= 0.3 is 6.03 Å². The van der Waals surface area contributed by atoms with E-state index in [1.165, 1.54) is 22.3 Å². The van der Waals surface area contributed by atoms with Crippen LogP contribution in [0.5, 0.6) is 0 Å².